The zero-order valence-electron chi connectivity index (χ0n) is 12.0. The molecule has 0 radical (unpaired) electrons. The average molecular weight is 340 g/mol. The van der Waals surface area contributed by atoms with Crippen molar-refractivity contribution >= 4 is 15.9 Å². The Morgan fingerprint density at radius 3 is 2.50 bits per heavy atom. The van der Waals surface area contributed by atoms with Gasteiger partial charge in [-0.15, -0.1) is 0 Å². The van der Waals surface area contributed by atoms with Crippen molar-refractivity contribution in [3.8, 4) is 11.5 Å². The molecule has 0 bridgehead atoms. The fourth-order valence-electron chi connectivity index (χ4n) is 3.02. The van der Waals surface area contributed by atoms with Crippen molar-refractivity contribution in [1.29, 1.82) is 0 Å². The highest BCUT2D eigenvalue weighted by Gasteiger charge is 2.36. The van der Waals surface area contributed by atoms with Crippen molar-refractivity contribution in [3.05, 3.63) is 22.2 Å². The van der Waals surface area contributed by atoms with Gasteiger partial charge in [-0.3, -0.25) is 0 Å². The maximum atomic E-state index is 6.71. The number of nitrogens with two attached hydrogens (primary N) is 1. The number of hydrogen-bond acceptors (Lipinski definition) is 3. The Hall–Kier alpha value is -0.740. The summed E-state index contributed by atoms with van der Waals surface area (Å²) in [5.41, 5.74) is 7.54. The summed E-state index contributed by atoms with van der Waals surface area (Å²) in [5, 5.41) is 0. The lowest BCUT2D eigenvalue weighted by molar-refractivity contribution is 0.251. The van der Waals surface area contributed by atoms with Crippen LogP contribution in [-0.2, 0) is 5.54 Å². The maximum Gasteiger partial charge on any atom is 0.166 e. The zero-order valence-corrected chi connectivity index (χ0v) is 13.5. The van der Waals surface area contributed by atoms with Crippen molar-refractivity contribution in [3.63, 3.8) is 0 Å². The molecule has 0 saturated heterocycles. The molecule has 3 nitrogen and oxygen atoms in total. The third kappa shape index (κ3) is 2.82. The smallest absolute Gasteiger partial charge is 0.166 e. The third-order valence-corrected chi connectivity index (χ3v) is 4.79. The van der Waals surface area contributed by atoms with E-state index in [4.69, 9.17) is 15.2 Å². The molecule has 4 heteroatoms. The van der Waals surface area contributed by atoms with Gasteiger partial charge >= 0.3 is 0 Å². The quantitative estimate of drug-likeness (QED) is 0.897. The minimum atomic E-state index is -0.278. The summed E-state index contributed by atoms with van der Waals surface area (Å²) in [4.78, 5) is 0. The predicted molar refractivity (Wildman–Crippen MR) is 83.3 cm³/mol. The van der Waals surface area contributed by atoms with Gasteiger partial charge in [0.15, 0.2) is 11.5 Å². The molecule has 2 fully saturated rings. The Morgan fingerprint density at radius 2 is 1.90 bits per heavy atom. The highest BCUT2D eigenvalue weighted by molar-refractivity contribution is 9.10. The fraction of sp³-hybridized carbons (Fsp3) is 0.625. The number of halogens is 1. The van der Waals surface area contributed by atoms with E-state index in [2.05, 4.69) is 22.0 Å². The van der Waals surface area contributed by atoms with E-state index in [1.807, 2.05) is 6.07 Å². The lowest BCUT2D eigenvalue weighted by atomic mass is 9.77. The predicted octanol–water partition coefficient (Wildman–Crippen LogP) is 4.12. The first kappa shape index (κ1) is 14.2. The minimum Gasteiger partial charge on any atom is -0.493 e. The molecular formula is C16H22BrNO2. The number of ether oxygens (including phenoxy) is 2. The van der Waals surface area contributed by atoms with Crippen LogP contribution in [0.2, 0.25) is 0 Å². The van der Waals surface area contributed by atoms with Gasteiger partial charge in [-0.05, 0) is 37.8 Å². The van der Waals surface area contributed by atoms with E-state index in [-0.39, 0.29) is 5.54 Å². The molecule has 0 aromatic heterocycles. The largest absolute Gasteiger partial charge is 0.493 e. The molecule has 20 heavy (non-hydrogen) atoms. The molecule has 1 aromatic carbocycles. The van der Waals surface area contributed by atoms with Crippen LogP contribution in [0.15, 0.2) is 16.6 Å². The highest BCUT2D eigenvalue weighted by Crippen LogP contribution is 2.46. The summed E-state index contributed by atoms with van der Waals surface area (Å²) in [7, 11) is 1.69. The second kappa shape index (κ2) is 5.57. The molecule has 2 N–H and O–H groups in total. The molecular weight excluding hydrogens is 318 g/mol. The number of hydrogen-bond donors (Lipinski definition) is 1. The topological polar surface area (TPSA) is 44.5 Å². The van der Waals surface area contributed by atoms with Gasteiger partial charge in [0.25, 0.3) is 0 Å². The van der Waals surface area contributed by atoms with Crippen LogP contribution in [0.5, 0.6) is 11.5 Å². The van der Waals surface area contributed by atoms with Crippen LogP contribution in [0.1, 0.15) is 50.5 Å². The van der Waals surface area contributed by atoms with E-state index in [1.165, 1.54) is 19.3 Å². The van der Waals surface area contributed by atoms with Gasteiger partial charge in [0, 0.05) is 15.6 Å². The van der Waals surface area contributed by atoms with E-state index in [0.717, 1.165) is 47.2 Å². The van der Waals surface area contributed by atoms with Crippen LogP contribution in [0.25, 0.3) is 0 Å². The molecule has 0 heterocycles. The highest BCUT2D eigenvalue weighted by atomic mass is 79.9. The summed E-state index contributed by atoms with van der Waals surface area (Å²) in [5.74, 6) is 1.65. The molecule has 2 aliphatic rings. The third-order valence-electron chi connectivity index (χ3n) is 4.33. The number of rotatable bonds is 4. The second-order valence-electron chi connectivity index (χ2n) is 6.02. The Labute approximate surface area is 129 Å². The van der Waals surface area contributed by atoms with Crippen LogP contribution < -0.4 is 15.2 Å². The average Bonchev–Trinajstić information content (AvgIpc) is 3.25. The summed E-state index contributed by atoms with van der Waals surface area (Å²) in [6.07, 6.45) is 8.31. The lowest BCUT2D eigenvalue weighted by Crippen LogP contribution is -2.39. The molecule has 0 atom stereocenters. The van der Waals surface area contributed by atoms with Gasteiger partial charge in [-0.1, -0.05) is 35.2 Å². The van der Waals surface area contributed by atoms with Gasteiger partial charge in [-0.25, -0.2) is 0 Å². The zero-order chi connectivity index (χ0) is 14.2. The molecule has 110 valence electrons. The van der Waals surface area contributed by atoms with E-state index in [9.17, 15) is 0 Å². The van der Waals surface area contributed by atoms with Crippen molar-refractivity contribution in [2.75, 3.05) is 7.11 Å². The Morgan fingerprint density at radius 1 is 1.20 bits per heavy atom. The summed E-state index contributed by atoms with van der Waals surface area (Å²) >= 11 is 3.57. The molecule has 2 aliphatic carbocycles. The Balaban J connectivity index is 2.03. The van der Waals surface area contributed by atoms with Gasteiger partial charge in [0.05, 0.1) is 13.2 Å². The maximum absolute atomic E-state index is 6.71. The molecule has 0 aliphatic heterocycles. The van der Waals surface area contributed by atoms with Crippen molar-refractivity contribution < 1.29 is 9.47 Å². The molecule has 0 unspecified atom stereocenters. The van der Waals surface area contributed by atoms with Crippen molar-refractivity contribution in [1.82, 2.24) is 0 Å². The Kier molecular flexibility index (Phi) is 3.95. The molecule has 2 saturated carbocycles. The van der Waals surface area contributed by atoms with Gasteiger partial charge in [0.2, 0.25) is 0 Å². The first-order valence-corrected chi connectivity index (χ1v) is 8.25. The van der Waals surface area contributed by atoms with Crippen LogP contribution in [0.4, 0.5) is 0 Å². The van der Waals surface area contributed by atoms with Gasteiger partial charge < -0.3 is 15.2 Å². The SMILES string of the molecule is COc1cc(Br)cc(C2(N)CCCCC2)c1OC1CC1. The molecule has 0 amide bonds. The van der Waals surface area contributed by atoms with Gasteiger partial charge in [0.1, 0.15) is 0 Å². The minimum absolute atomic E-state index is 0.278. The summed E-state index contributed by atoms with van der Waals surface area (Å²) < 4.78 is 12.6. The standard InChI is InChI=1S/C16H22BrNO2/c1-19-14-10-11(17)9-13(15(14)20-12-5-6-12)16(18)7-3-2-4-8-16/h9-10,12H,2-8,18H2,1H3. The van der Waals surface area contributed by atoms with Crippen molar-refractivity contribution in [2.24, 2.45) is 5.73 Å². The monoisotopic (exact) mass is 339 g/mol. The summed E-state index contributed by atoms with van der Waals surface area (Å²) in [6.45, 7) is 0. The van der Waals surface area contributed by atoms with Crippen LogP contribution >= 0.6 is 15.9 Å². The lowest BCUT2D eigenvalue weighted by Gasteiger charge is -2.35. The van der Waals surface area contributed by atoms with Crippen LogP contribution in [0, 0.1) is 0 Å². The summed E-state index contributed by atoms with van der Waals surface area (Å²) in [6, 6.07) is 4.08. The first-order chi connectivity index (χ1) is 9.62. The molecule has 1 aromatic rings. The fourth-order valence-corrected chi connectivity index (χ4v) is 3.45. The number of methoxy groups -OCH3 is 1. The molecule has 0 spiro atoms. The van der Waals surface area contributed by atoms with Crippen molar-refractivity contribution in [2.45, 2.75) is 56.6 Å². The normalized spacial score (nSPS) is 21.6. The van der Waals surface area contributed by atoms with E-state index < -0.39 is 0 Å². The Bertz CT molecular complexity index is 493. The molecule has 3 rings (SSSR count). The number of benzene rings is 1. The second-order valence-corrected chi connectivity index (χ2v) is 6.93. The van der Waals surface area contributed by atoms with Crippen LogP contribution in [-0.4, -0.2) is 13.2 Å². The van der Waals surface area contributed by atoms with Gasteiger partial charge in [-0.2, -0.15) is 0 Å². The van der Waals surface area contributed by atoms with E-state index in [1.54, 1.807) is 7.11 Å². The van der Waals surface area contributed by atoms with E-state index in [0.29, 0.717) is 6.10 Å². The first-order valence-electron chi connectivity index (χ1n) is 7.46. The van der Waals surface area contributed by atoms with Crippen LogP contribution in [0.3, 0.4) is 0 Å². The van der Waals surface area contributed by atoms with E-state index >= 15 is 0 Å².